The van der Waals surface area contributed by atoms with Crippen molar-refractivity contribution in [3.05, 3.63) is 107 Å². The molecule has 0 bridgehead atoms. The molecule has 0 saturated carbocycles. The summed E-state index contributed by atoms with van der Waals surface area (Å²) in [6, 6.07) is 17.1. The fraction of sp³-hybridized carbons (Fsp3) is 0.231. The van der Waals surface area contributed by atoms with Gasteiger partial charge < -0.3 is 0 Å². The van der Waals surface area contributed by atoms with Crippen LogP contribution in [0.4, 0.5) is 0 Å². The van der Waals surface area contributed by atoms with Crippen molar-refractivity contribution in [3.63, 3.8) is 0 Å². The second kappa shape index (κ2) is 14.2. The van der Waals surface area contributed by atoms with E-state index < -0.39 is 0 Å². The summed E-state index contributed by atoms with van der Waals surface area (Å²) < 4.78 is 0. The molecular weight excluding hydrogens is 512 g/mol. The molecule has 148 valence electrons. The number of hydrogen-bond acceptors (Lipinski definition) is 0. The zero-order chi connectivity index (χ0) is 20.4. The van der Waals surface area contributed by atoms with Crippen LogP contribution in [0.25, 0.3) is 11.1 Å². The second-order valence-corrected chi connectivity index (χ2v) is 24.1. The molecule has 0 aromatic heterocycles. The molecule has 0 unspecified atom stereocenters. The summed E-state index contributed by atoms with van der Waals surface area (Å²) in [6.45, 7) is 4.23. The molecule has 0 spiro atoms. The number of hydrogen-bond donors (Lipinski definition) is 0. The molecule has 29 heavy (non-hydrogen) atoms. The Morgan fingerprint density at radius 2 is 1.14 bits per heavy atom. The topological polar surface area (TPSA) is 0 Å². The van der Waals surface area contributed by atoms with Crippen molar-refractivity contribution in [1.82, 2.24) is 0 Å². The van der Waals surface area contributed by atoms with Crippen LogP contribution in [0.1, 0.15) is 35.1 Å². The zero-order valence-corrected chi connectivity index (χ0v) is 23.1. The first kappa shape index (κ1) is 26.2. The summed E-state index contributed by atoms with van der Waals surface area (Å²) >= 11 is 1.80. The summed E-state index contributed by atoms with van der Waals surface area (Å²) in [5.41, 5.74) is 7.65. The van der Waals surface area contributed by atoms with E-state index in [-0.39, 0.29) is 22.4 Å². The third-order valence-electron chi connectivity index (χ3n) is 4.05. The molecule has 0 nitrogen and oxygen atoms in total. The predicted molar refractivity (Wildman–Crippen MR) is 128 cm³/mol. The van der Waals surface area contributed by atoms with E-state index in [1.807, 2.05) is 0 Å². The number of aryl methyl sites for hydroxylation is 2. The fourth-order valence-electron chi connectivity index (χ4n) is 2.83. The zero-order valence-electron chi connectivity index (χ0n) is 17.8. The summed E-state index contributed by atoms with van der Waals surface area (Å²) in [5.74, 6) is 4.75. The van der Waals surface area contributed by atoms with Gasteiger partial charge in [-0.25, -0.2) is 0 Å². The van der Waals surface area contributed by atoms with E-state index in [2.05, 4.69) is 110 Å². The number of halogens is 1. The standard InChI is InChI=1S/2C12H11.C2H6Ge.ClH.Zr/c2*1-10-5-4-8-12(9-10)11-6-2-3-7-11;1-3-2;;/h2*2,4-6,8-9H,3H2,1H3;1-2H3;1H;/q2*-1;;;+2. The van der Waals surface area contributed by atoms with Crippen molar-refractivity contribution in [2.24, 2.45) is 0 Å². The first-order valence-corrected chi connectivity index (χ1v) is 21.3. The molecule has 2 aromatic rings. The molecule has 4 rings (SSSR count). The van der Waals surface area contributed by atoms with Gasteiger partial charge in [-0.3, -0.25) is 0 Å². The predicted octanol–water partition coefficient (Wildman–Crippen LogP) is 7.49. The van der Waals surface area contributed by atoms with Gasteiger partial charge >= 0.3 is 43.1 Å². The van der Waals surface area contributed by atoms with Crippen molar-refractivity contribution in [2.45, 2.75) is 38.2 Å². The van der Waals surface area contributed by atoms with E-state index in [9.17, 15) is 0 Å². The minimum atomic E-state index is -0.243. The van der Waals surface area contributed by atoms with Gasteiger partial charge in [-0.05, 0) is 13.8 Å². The Labute approximate surface area is 199 Å². The minimum absolute atomic E-state index is 0. The summed E-state index contributed by atoms with van der Waals surface area (Å²) in [6.07, 6.45) is 17.1. The van der Waals surface area contributed by atoms with Crippen LogP contribution in [0.15, 0.2) is 72.8 Å². The van der Waals surface area contributed by atoms with E-state index in [4.69, 9.17) is 0 Å². The van der Waals surface area contributed by atoms with Crippen LogP contribution in [-0.2, 0) is 21.6 Å². The summed E-state index contributed by atoms with van der Waals surface area (Å²) in [4.78, 5) is 0. The van der Waals surface area contributed by atoms with E-state index in [0.29, 0.717) is 0 Å². The van der Waals surface area contributed by atoms with E-state index in [1.165, 1.54) is 33.4 Å². The van der Waals surface area contributed by atoms with E-state index in [0.717, 1.165) is 12.8 Å². The Bertz CT molecular complexity index is 860. The molecule has 0 amide bonds. The quantitative estimate of drug-likeness (QED) is 0.273. The van der Waals surface area contributed by atoms with Crippen LogP contribution < -0.4 is 0 Å². The first-order valence-electron chi connectivity index (χ1n) is 9.66. The third kappa shape index (κ3) is 10.1. The first-order chi connectivity index (χ1) is 13.5. The van der Waals surface area contributed by atoms with E-state index >= 15 is 0 Å². The van der Waals surface area contributed by atoms with Crippen molar-refractivity contribution in [2.75, 3.05) is 0 Å². The van der Waals surface area contributed by atoms with Gasteiger partial charge in [0.15, 0.2) is 0 Å². The van der Waals surface area contributed by atoms with Crippen molar-refractivity contribution in [3.8, 4) is 0 Å². The molecular formula is C26H29ClGeZr. The maximum absolute atomic E-state index is 3.31. The van der Waals surface area contributed by atoms with Gasteiger partial charge in [0, 0.05) is 0 Å². The number of benzene rings is 2. The molecule has 3 heteroatoms. The van der Waals surface area contributed by atoms with E-state index in [1.54, 1.807) is 21.6 Å². The average Bonchev–Trinajstić information content (AvgIpc) is 3.36. The van der Waals surface area contributed by atoms with Gasteiger partial charge in [-0.1, -0.05) is 48.2 Å². The molecule has 0 N–H and O–H groups in total. The summed E-state index contributed by atoms with van der Waals surface area (Å²) in [5, 5.41) is 0. The Hall–Kier alpha value is -0.884. The number of allylic oxidation sites excluding steroid dienone is 8. The molecule has 0 fully saturated rings. The Kier molecular flexibility index (Phi) is 12.8. The molecule has 2 aliphatic carbocycles. The van der Waals surface area contributed by atoms with Gasteiger partial charge in [-0.2, -0.15) is 35.5 Å². The number of rotatable bonds is 2. The van der Waals surface area contributed by atoms with Crippen molar-refractivity contribution < 1.29 is 21.6 Å². The SMILES string of the molecule is Cc1cccc(C2=[C-]CC=C2)c1.Cc1cccc(C2=[C-]CC=C2)c1.Cl.[CH3][Ge]([CH3])=[Zr+2]. The molecule has 2 aliphatic rings. The molecule has 0 atom stereocenters. The van der Waals surface area contributed by atoms with Crippen LogP contribution in [0.5, 0.6) is 0 Å². The van der Waals surface area contributed by atoms with Crippen LogP contribution >= 0.6 is 12.4 Å². The van der Waals surface area contributed by atoms with Gasteiger partial charge in [0.05, 0.1) is 0 Å². The molecule has 0 saturated heterocycles. The Morgan fingerprint density at radius 3 is 1.41 bits per heavy atom. The van der Waals surface area contributed by atoms with Crippen LogP contribution in [0.2, 0.25) is 11.5 Å². The van der Waals surface area contributed by atoms with Gasteiger partial charge in [0.25, 0.3) is 0 Å². The monoisotopic (exact) mass is 540 g/mol. The van der Waals surface area contributed by atoms with Crippen LogP contribution in [0, 0.1) is 26.0 Å². The van der Waals surface area contributed by atoms with Gasteiger partial charge in [0.2, 0.25) is 0 Å². The van der Waals surface area contributed by atoms with Crippen molar-refractivity contribution >= 4 is 33.5 Å². The third-order valence-corrected chi connectivity index (χ3v) is 4.05. The second-order valence-electron chi connectivity index (χ2n) is 7.13. The van der Waals surface area contributed by atoms with Crippen LogP contribution in [0.3, 0.4) is 0 Å². The van der Waals surface area contributed by atoms with Crippen LogP contribution in [-0.4, -0.2) is 9.98 Å². The molecule has 0 aliphatic heterocycles. The van der Waals surface area contributed by atoms with Gasteiger partial charge in [0.1, 0.15) is 0 Å². The van der Waals surface area contributed by atoms with Gasteiger partial charge in [-0.15, -0.1) is 60.0 Å². The van der Waals surface area contributed by atoms with Crippen molar-refractivity contribution in [1.29, 1.82) is 0 Å². The molecule has 2 aromatic carbocycles. The molecule has 0 radical (unpaired) electrons. The Balaban J connectivity index is 0.000000239. The summed E-state index contributed by atoms with van der Waals surface area (Å²) in [7, 11) is -0.243. The molecule has 0 heterocycles. The fourth-order valence-corrected chi connectivity index (χ4v) is 2.83. The average molecular weight is 541 g/mol. The normalized spacial score (nSPS) is 13.3. The Morgan fingerprint density at radius 1 is 0.759 bits per heavy atom. The maximum atomic E-state index is 3.31.